The van der Waals surface area contributed by atoms with Crippen molar-refractivity contribution in [1.29, 1.82) is 0 Å². The van der Waals surface area contributed by atoms with Gasteiger partial charge in [-0.2, -0.15) is 0 Å². The van der Waals surface area contributed by atoms with Crippen LogP contribution in [0, 0.1) is 11.7 Å². The van der Waals surface area contributed by atoms with E-state index in [9.17, 15) is 14.0 Å². The molecule has 0 spiro atoms. The molecule has 1 aliphatic carbocycles. The van der Waals surface area contributed by atoms with E-state index in [-0.39, 0.29) is 41.9 Å². The van der Waals surface area contributed by atoms with Crippen LogP contribution >= 0.6 is 11.6 Å². The van der Waals surface area contributed by atoms with Crippen LogP contribution in [0.5, 0.6) is 0 Å². The van der Waals surface area contributed by atoms with Crippen molar-refractivity contribution >= 4 is 23.4 Å². The Morgan fingerprint density at radius 3 is 2.91 bits per heavy atom. The Morgan fingerprint density at radius 1 is 1.33 bits per heavy atom. The van der Waals surface area contributed by atoms with Crippen LogP contribution in [0.1, 0.15) is 31.7 Å². The molecule has 0 radical (unpaired) electrons. The summed E-state index contributed by atoms with van der Waals surface area (Å²) in [6.07, 6.45) is 10.4. The summed E-state index contributed by atoms with van der Waals surface area (Å²) >= 11 is 5.82. The summed E-state index contributed by atoms with van der Waals surface area (Å²) in [5.74, 6) is 0.134. The van der Waals surface area contributed by atoms with Crippen molar-refractivity contribution in [3.63, 3.8) is 0 Å². The summed E-state index contributed by atoms with van der Waals surface area (Å²) in [5, 5.41) is 2.79. The van der Waals surface area contributed by atoms with E-state index >= 15 is 0 Å². The molecule has 1 N–H and O–H groups in total. The number of allylic oxidation sites excluding steroid dienone is 1. The molecule has 2 heterocycles. The topological polar surface area (TPSA) is 61.9 Å². The second kappa shape index (κ2) is 10.00. The van der Waals surface area contributed by atoms with E-state index < -0.39 is 11.9 Å². The number of amides is 2. The normalized spacial score (nSPS) is 23.8. The molecule has 6 nitrogen and oxygen atoms in total. The highest BCUT2D eigenvalue weighted by molar-refractivity contribution is 6.30. The number of nitrogens with zero attached hydrogens (tertiary/aromatic N) is 2. The lowest BCUT2D eigenvalue weighted by molar-refractivity contribution is -0.139. The Balaban J connectivity index is 1.39. The highest BCUT2D eigenvalue weighted by atomic mass is 35.5. The van der Waals surface area contributed by atoms with Gasteiger partial charge in [0, 0.05) is 30.8 Å². The van der Waals surface area contributed by atoms with Gasteiger partial charge in [0.05, 0.1) is 24.7 Å². The average molecular weight is 474 g/mol. The van der Waals surface area contributed by atoms with Crippen molar-refractivity contribution in [3.05, 3.63) is 70.4 Å². The zero-order valence-corrected chi connectivity index (χ0v) is 19.6. The third-order valence-electron chi connectivity index (χ3n) is 6.63. The fourth-order valence-corrected chi connectivity index (χ4v) is 5.05. The number of methoxy groups -OCH3 is 1. The molecule has 0 aromatic heterocycles. The Labute approximate surface area is 198 Å². The van der Waals surface area contributed by atoms with Gasteiger partial charge in [-0.3, -0.25) is 9.59 Å². The van der Waals surface area contributed by atoms with E-state index in [1.54, 1.807) is 24.1 Å². The van der Waals surface area contributed by atoms with E-state index in [1.807, 2.05) is 6.08 Å². The van der Waals surface area contributed by atoms with Gasteiger partial charge in [-0.15, -0.1) is 0 Å². The second-order valence-corrected chi connectivity index (χ2v) is 8.96. The van der Waals surface area contributed by atoms with Gasteiger partial charge < -0.3 is 19.9 Å². The minimum atomic E-state index is -0.547. The maximum absolute atomic E-state index is 14.1. The molecule has 1 saturated heterocycles. The molecule has 4 rings (SSSR count). The number of carbonyl (C=O) groups excluding carboxylic acids is 2. The first kappa shape index (κ1) is 23.4. The summed E-state index contributed by atoms with van der Waals surface area (Å²) in [4.78, 5) is 29.8. The molecular formula is C25H29ClFN3O3. The predicted octanol–water partition coefficient (Wildman–Crippen LogP) is 3.78. The standard InChI is InChI=1S/C25H29ClFN3O3/c1-3-16-14-29(21-10-9-18(33-2)12-19(16)21)15-23(31)30-11-5-8-22(30)25(32)28-13-17-6-4-7-20(26)24(17)27/h4,6-7,9-10,12,14,19,21-22H,3,5,8,11,13,15H2,1-2H3,(H,28,32). The predicted molar refractivity (Wildman–Crippen MR) is 125 cm³/mol. The number of rotatable bonds is 7. The number of likely N-dealkylation sites (tertiary alicyclic amines) is 1. The summed E-state index contributed by atoms with van der Waals surface area (Å²) < 4.78 is 19.5. The zero-order chi connectivity index (χ0) is 23.5. The fraction of sp³-hybridized carbons (Fsp3) is 0.440. The minimum absolute atomic E-state index is 0.0204. The first-order valence-corrected chi connectivity index (χ1v) is 11.7. The Hall–Kier alpha value is -2.80. The summed E-state index contributed by atoms with van der Waals surface area (Å²) in [6.45, 7) is 2.88. The summed E-state index contributed by atoms with van der Waals surface area (Å²) in [6, 6.07) is 4.22. The molecule has 33 heavy (non-hydrogen) atoms. The van der Waals surface area contributed by atoms with Crippen molar-refractivity contribution < 1.29 is 18.7 Å². The molecule has 2 aliphatic heterocycles. The summed E-state index contributed by atoms with van der Waals surface area (Å²) in [7, 11) is 1.65. The zero-order valence-electron chi connectivity index (χ0n) is 18.9. The van der Waals surface area contributed by atoms with E-state index in [4.69, 9.17) is 16.3 Å². The van der Waals surface area contributed by atoms with Gasteiger partial charge >= 0.3 is 0 Å². The molecule has 2 amide bonds. The monoisotopic (exact) mass is 473 g/mol. The van der Waals surface area contributed by atoms with Crippen molar-refractivity contribution in [2.24, 2.45) is 5.92 Å². The van der Waals surface area contributed by atoms with Crippen LogP contribution in [0.2, 0.25) is 5.02 Å². The molecule has 3 atom stereocenters. The van der Waals surface area contributed by atoms with Crippen LogP contribution in [-0.2, 0) is 20.9 Å². The quantitative estimate of drug-likeness (QED) is 0.654. The number of halogens is 2. The SMILES string of the molecule is CCC1=CN(CC(=O)N2CCCC2C(=O)NCc2cccc(Cl)c2F)C2C=CC(OC)=CC12. The number of benzene rings is 1. The van der Waals surface area contributed by atoms with Gasteiger partial charge in [0.25, 0.3) is 0 Å². The van der Waals surface area contributed by atoms with Gasteiger partial charge in [-0.1, -0.05) is 36.7 Å². The molecule has 1 aromatic rings. The molecule has 0 bridgehead atoms. The molecule has 3 unspecified atom stereocenters. The van der Waals surface area contributed by atoms with Crippen LogP contribution in [0.4, 0.5) is 4.39 Å². The highest BCUT2D eigenvalue weighted by Gasteiger charge is 2.38. The maximum Gasteiger partial charge on any atom is 0.243 e. The van der Waals surface area contributed by atoms with Crippen molar-refractivity contribution in [3.8, 4) is 0 Å². The van der Waals surface area contributed by atoms with Gasteiger partial charge in [-0.05, 0) is 43.1 Å². The van der Waals surface area contributed by atoms with Crippen LogP contribution in [-0.4, -0.2) is 53.9 Å². The van der Waals surface area contributed by atoms with Crippen LogP contribution < -0.4 is 5.32 Å². The van der Waals surface area contributed by atoms with Crippen LogP contribution in [0.25, 0.3) is 0 Å². The molecule has 3 aliphatic rings. The number of nitrogens with one attached hydrogen (secondary N) is 1. The van der Waals surface area contributed by atoms with Gasteiger partial charge in [0.1, 0.15) is 17.6 Å². The van der Waals surface area contributed by atoms with E-state index in [0.29, 0.717) is 18.5 Å². The number of hydrogen-bond donors (Lipinski definition) is 1. The van der Waals surface area contributed by atoms with Gasteiger partial charge in [-0.25, -0.2) is 4.39 Å². The smallest absolute Gasteiger partial charge is 0.243 e. The second-order valence-electron chi connectivity index (χ2n) is 8.55. The summed E-state index contributed by atoms with van der Waals surface area (Å²) in [5.41, 5.74) is 1.57. The Bertz CT molecular complexity index is 1020. The van der Waals surface area contributed by atoms with Crippen molar-refractivity contribution in [2.45, 2.75) is 44.8 Å². The number of fused-ring (bicyclic) bond motifs is 1. The lowest BCUT2D eigenvalue weighted by Gasteiger charge is -2.31. The van der Waals surface area contributed by atoms with Crippen LogP contribution in [0.15, 0.2) is 54.0 Å². The first-order chi connectivity index (χ1) is 15.9. The van der Waals surface area contributed by atoms with Gasteiger partial charge in [0.15, 0.2) is 0 Å². The molecule has 1 fully saturated rings. The third-order valence-corrected chi connectivity index (χ3v) is 6.93. The number of carbonyl (C=O) groups is 2. The molecule has 1 aromatic carbocycles. The van der Waals surface area contributed by atoms with E-state index in [0.717, 1.165) is 18.6 Å². The Kier molecular flexibility index (Phi) is 7.08. The largest absolute Gasteiger partial charge is 0.497 e. The highest BCUT2D eigenvalue weighted by Crippen LogP contribution is 2.36. The first-order valence-electron chi connectivity index (χ1n) is 11.3. The molecule has 0 saturated carbocycles. The molecule has 8 heteroatoms. The lowest BCUT2D eigenvalue weighted by Crippen LogP contribution is -2.49. The van der Waals surface area contributed by atoms with E-state index in [1.165, 1.54) is 11.6 Å². The van der Waals surface area contributed by atoms with Crippen LogP contribution in [0.3, 0.4) is 0 Å². The Morgan fingerprint density at radius 2 is 2.15 bits per heavy atom. The van der Waals surface area contributed by atoms with Gasteiger partial charge in [0.2, 0.25) is 11.8 Å². The maximum atomic E-state index is 14.1. The minimum Gasteiger partial charge on any atom is -0.497 e. The molecular weight excluding hydrogens is 445 g/mol. The fourth-order valence-electron chi connectivity index (χ4n) is 4.86. The van der Waals surface area contributed by atoms with E-state index in [2.05, 4.69) is 35.5 Å². The van der Waals surface area contributed by atoms with Crippen molar-refractivity contribution in [1.82, 2.24) is 15.1 Å². The van der Waals surface area contributed by atoms with Crippen molar-refractivity contribution in [2.75, 3.05) is 20.2 Å². The third kappa shape index (κ3) is 4.78. The molecule has 176 valence electrons. The number of ether oxygens (including phenoxy) is 1. The lowest BCUT2D eigenvalue weighted by atomic mass is 9.89. The average Bonchev–Trinajstić information content (AvgIpc) is 3.44. The number of hydrogen-bond acceptors (Lipinski definition) is 4.